The zero-order chi connectivity index (χ0) is 22.9. The number of halogens is 2. The van der Waals surface area contributed by atoms with Crippen molar-refractivity contribution in [2.24, 2.45) is 0 Å². The number of aryl methyl sites for hydroxylation is 1. The van der Waals surface area contributed by atoms with Crippen LogP contribution in [0.3, 0.4) is 0 Å². The van der Waals surface area contributed by atoms with Gasteiger partial charge in [-0.3, -0.25) is 10.1 Å². The number of thiazole rings is 1. The van der Waals surface area contributed by atoms with Gasteiger partial charge in [0.15, 0.2) is 5.13 Å². The van der Waals surface area contributed by atoms with Gasteiger partial charge in [-0.25, -0.2) is 18.1 Å². The molecule has 32 heavy (non-hydrogen) atoms. The number of hydrogen-bond donors (Lipinski definition) is 2. The molecule has 1 aromatic heterocycles. The van der Waals surface area contributed by atoms with Gasteiger partial charge in [-0.05, 0) is 49.6 Å². The molecule has 3 aromatic rings. The summed E-state index contributed by atoms with van der Waals surface area (Å²) in [6, 6.07) is 10.5. The lowest BCUT2D eigenvalue weighted by Crippen LogP contribution is -2.26. The Morgan fingerprint density at radius 3 is 2.69 bits per heavy atom. The van der Waals surface area contributed by atoms with E-state index in [0.29, 0.717) is 16.8 Å². The van der Waals surface area contributed by atoms with Crippen LogP contribution < -0.4 is 14.8 Å². The Balaban J connectivity index is 1.55. The van der Waals surface area contributed by atoms with Crippen LogP contribution >= 0.6 is 11.3 Å². The number of benzene rings is 2. The third-order valence-electron chi connectivity index (χ3n) is 4.77. The molecule has 0 saturated heterocycles. The van der Waals surface area contributed by atoms with E-state index in [0.717, 1.165) is 24.2 Å². The third-order valence-corrected chi connectivity index (χ3v) is 7.04. The summed E-state index contributed by atoms with van der Waals surface area (Å²) in [5.41, 5.74) is 1.52. The summed E-state index contributed by atoms with van der Waals surface area (Å²) < 4.78 is 57.4. The summed E-state index contributed by atoms with van der Waals surface area (Å²) in [6.07, 6.45) is 1.60. The van der Waals surface area contributed by atoms with Gasteiger partial charge in [0.1, 0.15) is 5.75 Å². The second-order valence-electron chi connectivity index (χ2n) is 7.24. The lowest BCUT2D eigenvalue weighted by atomic mass is 10.1. The van der Waals surface area contributed by atoms with Gasteiger partial charge in [0.2, 0.25) is 10.0 Å². The Morgan fingerprint density at radius 2 is 1.97 bits per heavy atom. The average molecular weight is 480 g/mol. The van der Waals surface area contributed by atoms with Crippen LogP contribution in [0.2, 0.25) is 0 Å². The molecule has 0 aliphatic heterocycles. The monoisotopic (exact) mass is 479 g/mol. The van der Waals surface area contributed by atoms with Gasteiger partial charge in [0.25, 0.3) is 5.91 Å². The highest BCUT2D eigenvalue weighted by atomic mass is 32.2. The number of aromatic nitrogens is 1. The standard InChI is InChI=1S/C21H19F2N3O4S2/c1-12-6-9-14(32(28,29)26-13-7-8-13)10-16(12)19(27)25-21-24-17(11-31-21)15-4-2-3-5-18(15)30-20(22)23/h2-6,9-11,13,20,26H,7-8H2,1H3,(H,24,25,27). The molecule has 1 saturated carbocycles. The van der Waals surface area contributed by atoms with Crippen LogP contribution in [0, 0.1) is 6.92 Å². The molecular formula is C21H19F2N3O4S2. The second kappa shape index (κ2) is 8.93. The number of ether oxygens (including phenoxy) is 1. The van der Waals surface area contributed by atoms with Gasteiger partial charge < -0.3 is 4.74 Å². The highest BCUT2D eigenvalue weighted by molar-refractivity contribution is 7.89. The van der Waals surface area contributed by atoms with Crippen molar-refractivity contribution in [1.29, 1.82) is 0 Å². The molecule has 1 aliphatic rings. The van der Waals surface area contributed by atoms with E-state index >= 15 is 0 Å². The first kappa shape index (κ1) is 22.3. The lowest BCUT2D eigenvalue weighted by molar-refractivity contribution is -0.0494. The molecule has 0 unspecified atom stereocenters. The first-order valence-corrected chi connectivity index (χ1v) is 12.0. The first-order chi connectivity index (χ1) is 15.2. The van der Waals surface area contributed by atoms with E-state index in [9.17, 15) is 22.0 Å². The lowest BCUT2D eigenvalue weighted by Gasteiger charge is -2.10. The third kappa shape index (κ3) is 5.12. The number of carbonyl (C=O) groups excluding carboxylic acids is 1. The van der Waals surface area contributed by atoms with Crippen LogP contribution in [0.1, 0.15) is 28.8 Å². The highest BCUT2D eigenvalue weighted by Crippen LogP contribution is 2.33. The number of carbonyl (C=O) groups is 1. The second-order valence-corrected chi connectivity index (χ2v) is 9.81. The van der Waals surface area contributed by atoms with Crippen LogP contribution in [0.25, 0.3) is 11.3 Å². The number of nitrogens with one attached hydrogen (secondary N) is 2. The molecule has 1 aliphatic carbocycles. The molecule has 4 rings (SSSR count). The molecule has 1 fully saturated rings. The Morgan fingerprint density at radius 1 is 1.22 bits per heavy atom. The number of anilines is 1. The molecule has 0 radical (unpaired) electrons. The van der Waals surface area contributed by atoms with Crippen LogP contribution in [0.4, 0.5) is 13.9 Å². The molecule has 0 bridgehead atoms. The van der Waals surface area contributed by atoms with E-state index in [1.807, 2.05) is 0 Å². The van der Waals surface area contributed by atoms with E-state index in [-0.39, 0.29) is 27.4 Å². The van der Waals surface area contributed by atoms with Crippen molar-refractivity contribution in [2.45, 2.75) is 37.3 Å². The molecular weight excluding hydrogens is 460 g/mol. The number of alkyl halides is 2. The summed E-state index contributed by atoms with van der Waals surface area (Å²) in [6.45, 7) is -1.28. The van der Waals surface area contributed by atoms with Crippen molar-refractivity contribution in [1.82, 2.24) is 9.71 Å². The zero-order valence-electron chi connectivity index (χ0n) is 16.8. The van der Waals surface area contributed by atoms with Gasteiger partial charge in [-0.2, -0.15) is 8.78 Å². The van der Waals surface area contributed by atoms with Gasteiger partial charge in [-0.1, -0.05) is 18.2 Å². The quantitative estimate of drug-likeness (QED) is 0.499. The van der Waals surface area contributed by atoms with Crippen LogP contribution in [0.15, 0.2) is 52.7 Å². The first-order valence-electron chi connectivity index (χ1n) is 9.67. The molecule has 0 spiro atoms. The summed E-state index contributed by atoms with van der Waals surface area (Å²) in [4.78, 5) is 17.1. The predicted octanol–water partition coefficient (Wildman–Crippen LogP) is 4.41. The summed E-state index contributed by atoms with van der Waals surface area (Å²) >= 11 is 1.11. The fourth-order valence-electron chi connectivity index (χ4n) is 3.00. The largest absolute Gasteiger partial charge is 0.434 e. The minimum absolute atomic E-state index is 0.0121. The Kier molecular flexibility index (Phi) is 6.22. The maximum atomic E-state index is 12.8. The molecule has 2 N–H and O–H groups in total. The normalized spacial score (nSPS) is 13.9. The van der Waals surface area contributed by atoms with Crippen LogP contribution in [0.5, 0.6) is 5.75 Å². The van der Waals surface area contributed by atoms with E-state index in [4.69, 9.17) is 0 Å². The average Bonchev–Trinajstić information content (AvgIpc) is 3.42. The van der Waals surface area contributed by atoms with E-state index in [1.54, 1.807) is 36.6 Å². The number of rotatable bonds is 8. The molecule has 1 amide bonds. The van der Waals surface area contributed by atoms with Gasteiger partial charge >= 0.3 is 6.61 Å². The fourth-order valence-corrected chi connectivity index (χ4v) is 5.03. The van der Waals surface area contributed by atoms with E-state index in [1.165, 1.54) is 18.2 Å². The predicted molar refractivity (Wildman–Crippen MR) is 117 cm³/mol. The number of sulfonamides is 1. The SMILES string of the molecule is Cc1ccc(S(=O)(=O)NC2CC2)cc1C(=O)Nc1nc(-c2ccccc2OC(F)F)cs1. The van der Waals surface area contributed by atoms with Crippen molar-refractivity contribution >= 4 is 32.4 Å². The van der Waals surface area contributed by atoms with Gasteiger partial charge in [0.05, 0.1) is 10.6 Å². The molecule has 0 atom stereocenters. The number of para-hydroxylation sites is 1. The van der Waals surface area contributed by atoms with Crippen molar-refractivity contribution < 1.29 is 26.7 Å². The van der Waals surface area contributed by atoms with E-state index < -0.39 is 22.5 Å². The van der Waals surface area contributed by atoms with E-state index in [2.05, 4.69) is 19.8 Å². The van der Waals surface area contributed by atoms with Crippen molar-refractivity contribution in [3.63, 3.8) is 0 Å². The molecule has 11 heteroatoms. The summed E-state index contributed by atoms with van der Waals surface area (Å²) in [7, 11) is -3.71. The van der Waals surface area contributed by atoms with Gasteiger partial charge in [0, 0.05) is 22.5 Å². The maximum Gasteiger partial charge on any atom is 0.387 e. The van der Waals surface area contributed by atoms with Gasteiger partial charge in [-0.15, -0.1) is 11.3 Å². The number of hydrogen-bond acceptors (Lipinski definition) is 6. The zero-order valence-corrected chi connectivity index (χ0v) is 18.5. The molecule has 7 nitrogen and oxygen atoms in total. The Hall–Kier alpha value is -2.89. The maximum absolute atomic E-state index is 12.8. The van der Waals surface area contributed by atoms with Crippen molar-refractivity contribution in [3.05, 3.63) is 59.0 Å². The summed E-state index contributed by atoms with van der Waals surface area (Å²) in [5.74, 6) is -0.549. The van der Waals surface area contributed by atoms with Crippen LogP contribution in [-0.2, 0) is 10.0 Å². The number of nitrogens with zero attached hydrogens (tertiary/aromatic N) is 1. The Bertz CT molecular complexity index is 1260. The minimum atomic E-state index is -3.71. The van der Waals surface area contributed by atoms with Crippen LogP contribution in [-0.4, -0.2) is 32.0 Å². The van der Waals surface area contributed by atoms with Crippen molar-refractivity contribution in [3.8, 4) is 17.0 Å². The topological polar surface area (TPSA) is 97.4 Å². The Labute approximate surface area is 187 Å². The fraction of sp³-hybridized carbons (Fsp3) is 0.238. The number of amides is 1. The summed E-state index contributed by atoms with van der Waals surface area (Å²) in [5, 5.41) is 4.49. The smallest absolute Gasteiger partial charge is 0.387 e. The molecule has 1 heterocycles. The molecule has 168 valence electrons. The van der Waals surface area contributed by atoms with Crippen molar-refractivity contribution in [2.75, 3.05) is 5.32 Å². The highest BCUT2D eigenvalue weighted by Gasteiger charge is 2.28. The molecule has 2 aromatic carbocycles. The minimum Gasteiger partial charge on any atom is -0.434 e.